The topological polar surface area (TPSA) is 55.4 Å². The molecule has 15 heavy (non-hydrogen) atoms. The zero-order valence-electron chi connectivity index (χ0n) is 8.23. The normalized spacial score (nSPS) is 11.3. The fraction of sp³-hybridized carbons (Fsp3) is 0.333. The summed E-state index contributed by atoms with van der Waals surface area (Å²) >= 11 is 3.27. The van der Waals surface area contributed by atoms with Gasteiger partial charge in [-0.3, -0.25) is 4.72 Å². The Bertz CT molecular complexity index is 402. The van der Waals surface area contributed by atoms with E-state index in [1.54, 1.807) is 24.3 Å². The zero-order valence-corrected chi connectivity index (χ0v) is 10.6. The van der Waals surface area contributed by atoms with Gasteiger partial charge in [0.15, 0.2) is 0 Å². The van der Waals surface area contributed by atoms with Crippen LogP contribution < -0.4 is 4.72 Å². The molecule has 1 aromatic carbocycles. The van der Waals surface area contributed by atoms with E-state index in [0.717, 1.165) is 4.47 Å². The number of anilines is 1. The first-order chi connectivity index (χ1) is 7.03. The van der Waals surface area contributed by atoms with Crippen molar-refractivity contribution in [2.24, 2.45) is 0 Å². The van der Waals surface area contributed by atoms with Crippen LogP contribution in [0.2, 0.25) is 0 Å². The molecule has 0 amide bonds. The molecule has 0 aliphatic rings. The average molecular weight is 294 g/mol. The summed E-state index contributed by atoms with van der Waals surface area (Å²) in [4.78, 5) is 0. The lowest BCUT2D eigenvalue weighted by Crippen LogP contribution is -2.19. The van der Waals surface area contributed by atoms with Crippen molar-refractivity contribution in [1.29, 1.82) is 0 Å². The summed E-state index contributed by atoms with van der Waals surface area (Å²) in [5.41, 5.74) is 0.550. The van der Waals surface area contributed by atoms with Crippen LogP contribution >= 0.6 is 15.9 Å². The smallest absolute Gasteiger partial charge is 0.234 e. The van der Waals surface area contributed by atoms with E-state index in [1.165, 1.54) is 7.11 Å². The van der Waals surface area contributed by atoms with Crippen LogP contribution in [0.4, 0.5) is 5.69 Å². The number of halogens is 1. The van der Waals surface area contributed by atoms with E-state index in [0.29, 0.717) is 5.69 Å². The Labute approximate surface area is 97.8 Å². The van der Waals surface area contributed by atoms with Crippen molar-refractivity contribution in [2.45, 2.75) is 0 Å². The third-order valence-electron chi connectivity index (χ3n) is 1.67. The second-order valence-corrected chi connectivity index (χ2v) is 5.68. The Kier molecular flexibility index (Phi) is 4.56. The number of nitrogens with one attached hydrogen (secondary N) is 1. The second-order valence-electron chi connectivity index (χ2n) is 2.92. The molecule has 0 spiro atoms. The highest BCUT2D eigenvalue weighted by Gasteiger charge is 2.09. The number of methoxy groups -OCH3 is 1. The SMILES string of the molecule is COCCS(=O)(=O)Nc1ccc(Br)cc1. The third kappa shape index (κ3) is 4.63. The van der Waals surface area contributed by atoms with Gasteiger partial charge in [-0.25, -0.2) is 8.42 Å². The first-order valence-corrected chi connectivity index (χ1v) is 6.73. The second kappa shape index (κ2) is 5.48. The van der Waals surface area contributed by atoms with Gasteiger partial charge in [-0.15, -0.1) is 0 Å². The first kappa shape index (κ1) is 12.5. The Morgan fingerprint density at radius 2 is 1.93 bits per heavy atom. The molecule has 1 aromatic rings. The zero-order chi connectivity index (χ0) is 11.3. The lowest BCUT2D eigenvalue weighted by atomic mass is 10.3. The largest absolute Gasteiger partial charge is 0.384 e. The van der Waals surface area contributed by atoms with Crippen LogP contribution in [0.1, 0.15) is 0 Å². The minimum absolute atomic E-state index is 0.0421. The maximum absolute atomic E-state index is 11.4. The maximum Gasteiger partial charge on any atom is 0.234 e. The van der Waals surface area contributed by atoms with Gasteiger partial charge in [-0.1, -0.05) is 15.9 Å². The van der Waals surface area contributed by atoms with Crippen molar-refractivity contribution >= 4 is 31.6 Å². The molecular formula is C9H12BrNO3S. The van der Waals surface area contributed by atoms with Crippen LogP contribution in [-0.2, 0) is 14.8 Å². The molecule has 0 heterocycles. The summed E-state index contributed by atoms with van der Waals surface area (Å²) in [6, 6.07) is 6.92. The average Bonchev–Trinajstić information content (AvgIpc) is 2.18. The minimum atomic E-state index is -3.30. The van der Waals surface area contributed by atoms with E-state index in [2.05, 4.69) is 20.7 Å². The van der Waals surface area contributed by atoms with Gasteiger partial charge in [-0.05, 0) is 24.3 Å². The van der Waals surface area contributed by atoms with Gasteiger partial charge >= 0.3 is 0 Å². The van der Waals surface area contributed by atoms with Crippen molar-refractivity contribution in [2.75, 3.05) is 24.2 Å². The molecule has 0 radical (unpaired) electrons. The summed E-state index contributed by atoms with van der Waals surface area (Å²) in [5.74, 6) is -0.0421. The van der Waals surface area contributed by atoms with Gasteiger partial charge in [0, 0.05) is 17.3 Å². The molecule has 0 fully saturated rings. The minimum Gasteiger partial charge on any atom is -0.384 e. The van der Waals surface area contributed by atoms with E-state index in [4.69, 9.17) is 4.74 Å². The van der Waals surface area contributed by atoms with Crippen LogP contribution in [0, 0.1) is 0 Å². The maximum atomic E-state index is 11.4. The molecule has 4 nitrogen and oxygen atoms in total. The van der Waals surface area contributed by atoms with Crippen LogP contribution in [-0.4, -0.2) is 27.9 Å². The van der Waals surface area contributed by atoms with E-state index >= 15 is 0 Å². The molecule has 0 atom stereocenters. The predicted octanol–water partition coefficient (Wildman–Crippen LogP) is 1.84. The van der Waals surface area contributed by atoms with E-state index in [1.807, 2.05) is 0 Å². The molecule has 0 saturated carbocycles. The van der Waals surface area contributed by atoms with Gasteiger partial charge in [0.25, 0.3) is 0 Å². The monoisotopic (exact) mass is 293 g/mol. The van der Waals surface area contributed by atoms with Crippen LogP contribution in [0.15, 0.2) is 28.7 Å². The number of hydrogen-bond acceptors (Lipinski definition) is 3. The molecule has 0 saturated heterocycles. The van der Waals surface area contributed by atoms with E-state index in [9.17, 15) is 8.42 Å². The van der Waals surface area contributed by atoms with Crippen molar-refractivity contribution in [1.82, 2.24) is 0 Å². The molecule has 1 N–H and O–H groups in total. The van der Waals surface area contributed by atoms with Crippen LogP contribution in [0.5, 0.6) is 0 Å². The fourth-order valence-electron chi connectivity index (χ4n) is 0.942. The third-order valence-corrected chi connectivity index (χ3v) is 3.45. The number of ether oxygens (including phenoxy) is 1. The van der Waals surface area contributed by atoms with Crippen molar-refractivity contribution < 1.29 is 13.2 Å². The van der Waals surface area contributed by atoms with Gasteiger partial charge < -0.3 is 4.74 Å². The Hall–Kier alpha value is -0.590. The number of sulfonamides is 1. The van der Waals surface area contributed by atoms with Crippen molar-refractivity contribution in [3.8, 4) is 0 Å². The summed E-state index contributed by atoms with van der Waals surface area (Å²) in [5, 5.41) is 0. The van der Waals surface area contributed by atoms with Crippen molar-refractivity contribution in [3.63, 3.8) is 0 Å². The first-order valence-electron chi connectivity index (χ1n) is 4.28. The highest BCUT2D eigenvalue weighted by atomic mass is 79.9. The lowest BCUT2D eigenvalue weighted by molar-refractivity contribution is 0.217. The molecule has 0 bridgehead atoms. The Balaban J connectivity index is 2.65. The number of benzene rings is 1. The van der Waals surface area contributed by atoms with Gasteiger partial charge in [0.05, 0.1) is 12.4 Å². The molecule has 0 aromatic heterocycles. The number of rotatable bonds is 5. The highest BCUT2D eigenvalue weighted by Crippen LogP contribution is 2.15. The summed E-state index contributed by atoms with van der Waals surface area (Å²) in [7, 11) is -1.83. The highest BCUT2D eigenvalue weighted by molar-refractivity contribution is 9.10. The molecule has 0 aliphatic carbocycles. The summed E-state index contributed by atoms with van der Waals surface area (Å²) in [6.07, 6.45) is 0. The molecule has 0 aliphatic heterocycles. The molecule has 1 rings (SSSR count). The standard InChI is InChI=1S/C9H12BrNO3S/c1-14-6-7-15(12,13)11-9-4-2-8(10)3-5-9/h2-5,11H,6-7H2,1H3. The van der Waals surface area contributed by atoms with Gasteiger partial charge in [0.1, 0.15) is 0 Å². The lowest BCUT2D eigenvalue weighted by Gasteiger charge is -2.07. The Morgan fingerprint density at radius 3 is 2.47 bits per heavy atom. The molecular weight excluding hydrogens is 282 g/mol. The van der Waals surface area contributed by atoms with Crippen LogP contribution in [0.25, 0.3) is 0 Å². The van der Waals surface area contributed by atoms with Crippen molar-refractivity contribution in [3.05, 3.63) is 28.7 Å². The molecule has 84 valence electrons. The van der Waals surface area contributed by atoms with Crippen LogP contribution in [0.3, 0.4) is 0 Å². The van der Waals surface area contributed by atoms with E-state index < -0.39 is 10.0 Å². The number of hydrogen-bond donors (Lipinski definition) is 1. The predicted molar refractivity (Wildman–Crippen MR) is 63.4 cm³/mol. The summed E-state index contributed by atoms with van der Waals surface area (Å²) in [6.45, 7) is 0.186. The van der Waals surface area contributed by atoms with E-state index in [-0.39, 0.29) is 12.4 Å². The quantitative estimate of drug-likeness (QED) is 0.901. The van der Waals surface area contributed by atoms with Gasteiger partial charge in [0.2, 0.25) is 10.0 Å². The fourth-order valence-corrected chi connectivity index (χ4v) is 2.19. The van der Waals surface area contributed by atoms with Gasteiger partial charge in [-0.2, -0.15) is 0 Å². The Morgan fingerprint density at radius 1 is 1.33 bits per heavy atom. The molecule has 0 unspecified atom stereocenters. The summed E-state index contributed by atoms with van der Waals surface area (Å²) < 4.78 is 30.9. The molecule has 6 heteroatoms.